The minimum Gasteiger partial charge on any atom is -0.354 e. The van der Waals surface area contributed by atoms with Crippen LogP contribution in [0.3, 0.4) is 0 Å². The zero-order valence-electron chi connectivity index (χ0n) is 16.6. The van der Waals surface area contributed by atoms with Gasteiger partial charge in [0.15, 0.2) is 5.96 Å². The molecular weight excluding hydrogens is 473 g/mol. The van der Waals surface area contributed by atoms with Gasteiger partial charge in [0.1, 0.15) is 0 Å². The number of hydrogen-bond donors (Lipinski definition) is 2. The summed E-state index contributed by atoms with van der Waals surface area (Å²) in [5.74, 6) is 0.869. The molecule has 0 radical (unpaired) electrons. The Morgan fingerprint density at radius 2 is 1.96 bits per heavy atom. The van der Waals surface area contributed by atoms with Gasteiger partial charge in [-0.15, -0.1) is 30.6 Å². The Morgan fingerprint density at radius 3 is 2.48 bits per heavy atom. The highest BCUT2D eigenvalue weighted by Crippen LogP contribution is 2.19. The van der Waals surface area contributed by atoms with Crippen molar-refractivity contribution >= 4 is 41.5 Å². The van der Waals surface area contributed by atoms with Crippen molar-refractivity contribution < 1.29 is 0 Å². The predicted molar refractivity (Wildman–Crippen MR) is 127 cm³/mol. The standard InChI is InChI=1S/C20H32ClN5.HI/c1-5-12-26-13-10-18(11-14-26)24-20(22-2)23-15-19(25(3)4)16-6-8-17(21)9-7-16;/h5-9,18-19H,1,10-15H2,2-4H3,(H2,22,23,24);1H. The molecule has 1 aliphatic rings. The molecule has 1 aromatic carbocycles. The van der Waals surface area contributed by atoms with Crippen LogP contribution in [-0.2, 0) is 0 Å². The number of halogens is 2. The van der Waals surface area contributed by atoms with E-state index in [1.807, 2.05) is 25.3 Å². The lowest BCUT2D eigenvalue weighted by Crippen LogP contribution is -2.49. The van der Waals surface area contributed by atoms with Crippen LogP contribution in [0.15, 0.2) is 41.9 Å². The maximum absolute atomic E-state index is 6.02. The van der Waals surface area contributed by atoms with Crippen molar-refractivity contribution in [2.45, 2.75) is 24.9 Å². The first kappa shape index (κ1) is 24.2. The fourth-order valence-electron chi connectivity index (χ4n) is 3.31. The number of benzene rings is 1. The number of piperidine rings is 1. The van der Waals surface area contributed by atoms with Crippen molar-refractivity contribution in [1.82, 2.24) is 20.4 Å². The highest BCUT2D eigenvalue weighted by atomic mass is 127. The summed E-state index contributed by atoms with van der Waals surface area (Å²) in [6, 6.07) is 8.77. The summed E-state index contributed by atoms with van der Waals surface area (Å²) in [5, 5.41) is 7.82. The van der Waals surface area contributed by atoms with Crippen LogP contribution in [0.1, 0.15) is 24.4 Å². The maximum Gasteiger partial charge on any atom is 0.191 e. The van der Waals surface area contributed by atoms with E-state index >= 15 is 0 Å². The molecule has 1 unspecified atom stereocenters. The Morgan fingerprint density at radius 1 is 1.33 bits per heavy atom. The maximum atomic E-state index is 6.02. The lowest BCUT2D eigenvalue weighted by molar-refractivity contribution is 0.224. The van der Waals surface area contributed by atoms with Crippen LogP contribution in [0.25, 0.3) is 0 Å². The zero-order valence-corrected chi connectivity index (χ0v) is 19.7. The Hall–Kier alpha value is -0.830. The summed E-state index contributed by atoms with van der Waals surface area (Å²) in [5.41, 5.74) is 1.24. The molecule has 1 heterocycles. The Balaban J connectivity index is 0.00000364. The molecule has 0 amide bonds. The zero-order chi connectivity index (χ0) is 18.9. The van der Waals surface area contributed by atoms with Gasteiger partial charge in [0, 0.05) is 44.3 Å². The fraction of sp³-hybridized carbons (Fsp3) is 0.550. The molecule has 5 nitrogen and oxygen atoms in total. The summed E-state index contributed by atoms with van der Waals surface area (Å²) in [7, 11) is 6.01. The van der Waals surface area contributed by atoms with Crippen molar-refractivity contribution in [3.63, 3.8) is 0 Å². The van der Waals surface area contributed by atoms with E-state index in [1.54, 1.807) is 0 Å². The Labute approximate surface area is 186 Å². The normalized spacial score (nSPS) is 17.3. The van der Waals surface area contributed by atoms with Gasteiger partial charge in [-0.25, -0.2) is 0 Å². The summed E-state index contributed by atoms with van der Waals surface area (Å²) in [6.45, 7) is 7.79. The van der Waals surface area contributed by atoms with Crippen LogP contribution in [-0.4, -0.2) is 69.1 Å². The third kappa shape index (κ3) is 7.97. The highest BCUT2D eigenvalue weighted by Gasteiger charge is 2.20. The number of nitrogens with zero attached hydrogens (tertiary/aromatic N) is 3. The summed E-state index contributed by atoms with van der Waals surface area (Å²) in [4.78, 5) is 9.04. The molecule has 0 aliphatic carbocycles. The first-order valence-electron chi connectivity index (χ1n) is 9.25. The van der Waals surface area contributed by atoms with Gasteiger partial charge in [0.25, 0.3) is 0 Å². The van der Waals surface area contributed by atoms with Crippen LogP contribution >= 0.6 is 35.6 Å². The van der Waals surface area contributed by atoms with Gasteiger partial charge in [-0.1, -0.05) is 29.8 Å². The largest absolute Gasteiger partial charge is 0.354 e. The van der Waals surface area contributed by atoms with Crippen molar-refractivity contribution in [2.24, 2.45) is 4.99 Å². The van der Waals surface area contributed by atoms with E-state index in [0.717, 1.165) is 50.0 Å². The highest BCUT2D eigenvalue weighted by molar-refractivity contribution is 14.0. The van der Waals surface area contributed by atoms with Crippen molar-refractivity contribution in [3.8, 4) is 0 Å². The minimum absolute atomic E-state index is 0. The molecule has 1 saturated heterocycles. The number of aliphatic imine (C=N–C) groups is 1. The van der Waals surface area contributed by atoms with Crippen LogP contribution in [0.4, 0.5) is 0 Å². The molecule has 0 bridgehead atoms. The number of likely N-dealkylation sites (tertiary alicyclic amines) is 1. The third-order valence-electron chi connectivity index (χ3n) is 4.88. The molecular formula is C20H33ClIN5. The molecule has 27 heavy (non-hydrogen) atoms. The van der Waals surface area contributed by atoms with E-state index in [1.165, 1.54) is 5.56 Å². The molecule has 2 rings (SSSR count). The Bertz CT molecular complexity index is 583. The second-order valence-electron chi connectivity index (χ2n) is 6.99. The molecule has 0 saturated carbocycles. The van der Waals surface area contributed by atoms with Crippen molar-refractivity contribution in [3.05, 3.63) is 47.5 Å². The summed E-state index contributed by atoms with van der Waals surface area (Å²) >= 11 is 6.02. The lowest BCUT2D eigenvalue weighted by Gasteiger charge is -2.33. The number of nitrogens with one attached hydrogen (secondary N) is 2. The van der Waals surface area contributed by atoms with E-state index in [9.17, 15) is 0 Å². The number of hydrogen-bond acceptors (Lipinski definition) is 3. The first-order chi connectivity index (χ1) is 12.5. The molecule has 7 heteroatoms. The third-order valence-corrected chi connectivity index (χ3v) is 5.13. The second kappa shape index (κ2) is 12.6. The van der Waals surface area contributed by atoms with Crippen LogP contribution in [0.2, 0.25) is 5.02 Å². The van der Waals surface area contributed by atoms with Crippen molar-refractivity contribution in [1.29, 1.82) is 0 Å². The molecule has 1 aromatic rings. The van der Waals surface area contributed by atoms with E-state index in [-0.39, 0.29) is 30.0 Å². The monoisotopic (exact) mass is 505 g/mol. The van der Waals surface area contributed by atoms with Crippen LogP contribution in [0.5, 0.6) is 0 Å². The quantitative estimate of drug-likeness (QED) is 0.258. The summed E-state index contributed by atoms with van der Waals surface area (Å²) in [6.07, 6.45) is 4.23. The van der Waals surface area contributed by atoms with Crippen LogP contribution < -0.4 is 10.6 Å². The van der Waals surface area contributed by atoms with Gasteiger partial charge >= 0.3 is 0 Å². The van der Waals surface area contributed by atoms with E-state index < -0.39 is 0 Å². The minimum atomic E-state index is 0. The van der Waals surface area contributed by atoms with Gasteiger partial charge in [0.2, 0.25) is 0 Å². The average Bonchev–Trinajstić information content (AvgIpc) is 2.63. The van der Waals surface area contributed by atoms with E-state index in [0.29, 0.717) is 6.04 Å². The SMILES string of the molecule is C=CCN1CCC(NC(=NC)NCC(c2ccc(Cl)cc2)N(C)C)CC1.I. The van der Waals surface area contributed by atoms with Gasteiger partial charge in [-0.2, -0.15) is 0 Å². The lowest BCUT2D eigenvalue weighted by atomic mass is 10.1. The first-order valence-corrected chi connectivity index (χ1v) is 9.63. The van der Waals surface area contributed by atoms with Gasteiger partial charge in [-0.3, -0.25) is 9.89 Å². The van der Waals surface area contributed by atoms with E-state index in [4.69, 9.17) is 11.6 Å². The van der Waals surface area contributed by atoms with E-state index in [2.05, 4.69) is 58.2 Å². The topological polar surface area (TPSA) is 42.9 Å². The van der Waals surface area contributed by atoms with Gasteiger partial charge < -0.3 is 15.5 Å². The Kier molecular flexibility index (Phi) is 11.3. The smallest absolute Gasteiger partial charge is 0.191 e. The molecule has 1 atom stereocenters. The molecule has 0 aromatic heterocycles. The van der Waals surface area contributed by atoms with Crippen LogP contribution in [0, 0.1) is 0 Å². The van der Waals surface area contributed by atoms with Gasteiger partial charge in [0.05, 0.1) is 6.04 Å². The summed E-state index contributed by atoms with van der Waals surface area (Å²) < 4.78 is 0. The second-order valence-corrected chi connectivity index (χ2v) is 7.43. The number of guanidine groups is 1. The average molecular weight is 506 g/mol. The molecule has 152 valence electrons. The van der Waals surface area contributed by atoms with Gasteiger partial charge in [-0.05, 0) is 44.6 Å². The molecule has 2 N–H and O–H groups in total. The number of rotatable bonds is 7. The molecule has 0 spiro atoms. The molecule has 1 aliphatic heterocycles. The molecule has 1 fully saturated rings. The van der Waals surface area contributed by atoms with Crippen molar-refractivity contribution in [2.75, 3.05) is 47.3 Å². The number of likely N-dealkylation sites (N-methyl/N-ethyl adjacent to an activating group) is 1. The predicted octanol–water partition coefficient (Wildman–Crippen LogP) is 3.38. The fourth-order valence-corrected chi connectivity index (χ4v) is 3.43.